The predicted octanol–water partition coefficient (Wildman–Crippen LogP) is 5.20. The zero-order valence-electron chi connectivity index (χ0n) is 19.2. The van der Waals surface area contributed by atoms with Gasteiger partial charge in [-0.2, -0.15) is 0 Å². The van der Waals surface area contributed by atoms with Crippen molar-refractivity contribution in [2.45, 2.75) is 27.3 Å². The number of amides is 2. The highest BCUT2D eigenvalue weighted by Gasteiger charge is 2.42. The number of ether oxygens (including phenoxy) is 1. The van der Waals surface area contributed by atoms with Crippen molar-refractivity contribution < 1.29 is 14.3 Å². The van der Waals surface area contributed by atoms with E-state index < -0.39 is 0 Å². The Morgan fingerprint density at radius 2 is 1.48 bits per heavy atom. The molecule has 0 fully saturated rings. The van der Waals surface area contributed by atoms with E-state index in [-0.39, 0.29) is 11.8 Å². The first-order valence-corrected chi connectivity index (χ1v) is 11.2. The zero-order chi connectivity index (χ0) is 23.4. The lowest BCUT2D eigenvalue weighted by Gasteiger charge is -2.25. The van der Waals surface area contributed by atoms with Gasteiger partial charge in [-0.05, 0) is 56.2 Å². The summed E-state index contributed by atoms with van der Waals surface area (Å²) in [6.45, 7) is 7.60. The second kappa shape index (κ2) is 9.74. The zero-order valence-corrected chi connectivity index (χ0v) is 19.2. The van der Waals surface area contributed by atoms with Crippen LogP contribution in [0.2, 0.25) is 0 Å². The molecule has 2 amide bonds. The Kier molecular flexibility index (Phi) is 6.59. The number of likely N-dealkylation sites (N-methyl/N-ethyl adjacent to an activating group) is 1. The fourth-order valence-electron chi connectivity index (χ4n) is 4.04. The Labute approximate surface area is 194 Å². The summed E-state index contributed by atoms with van der Waals surface area (Å²) < 4.78 is 5.51. The molecule has 5 heteroatoms. The Morgan fingerprint density at radius 1 is 0.818 bits per heavy atom. The predicted molar refractivity (Wildman–Crippen MR) is 131 cm³/mol. The first kappa shape index (κ1) is 22.3. The SMILES string of the molecule is CCOc1ccc(N2C(=O)C(c3ccc(C)cc3)=C(N(CC)Cc3ccccc3)C2=O)cc1. The topological polar surface area (TPSA) is 49.9 Å². The quantitative estimate of drug-likeness (QED) is 0.452. The maximum Gasteiger partial charge on any atom is 0.282 e. The Hall–Kier alpha value is -3.86. The summed E-state index contributed by atoms with van der Waals surface area (Å²) in [5.41, 5.74) is 4.32. The normalized spacial score (nSPS) is 13.6. The Bertz CT molecular complexity index is 1170. The van der Waals surface area contributed by atoms with Crippen molar-refractivity contribution in [1.82, 2.24) is 4.90 Å². The van der Waals surface area contributed by atoms with E-state index in [4.69, 9.17) is 4.74 Å². The number of hydrogen-bond donors (Lipinski definition) is 0. The van der Waals surface area contributed by atoms with Gasteiger partial charge in [0.25, 0.3) is 11.8 Å². The van der Waals surface area contributed by atoms with Crippen molar-refractivity contribution in [3.63, 3.8) is 0 Å². The molecular weight excluding hydrogens is 412 g/mol. The molecule has 168 valence electrons. The van der Waals surface area contributed by atoms with Gasteiger partial charge in [0, 0.05) is 13.1 Å². The third-order valence-corrected chi connectivity index (χ3v) is 5.72. The Balaban J connectivity index is 1.78. The molecule has 0 atom stereocenters. The van der Waals surface area contributed by atoms with Gasteiger partial charge in [0.15, 0.2) is 0 Å². The summed E-state index contributed by atoms with van der Waals surface area (Å²) in [6.07, 6.45) is 0. The van der Waals surface area contributed by atoms with Gasteiger partial charge in [-0.25, -0.2) is 4.90 Å². The van der Waals surface area contributed by atoms with E-state index in [0.717, 1.165) is 16.7 Å². The molecule has 4 rings (SSSR count). The summed E-state index contributed by atoms with van der Waals surface area (Å²) in [4.78, 5) is 30.7. The molecule has 3 aromatic rings. The number of hydrogen-bond acceptors (Lipinski definition) is 4. The number of anilines is 1. The average molecular weight is 441 g/mol. The maximum atomic E-state index is 13.7. The first-order valence-electron chi connectivity index (χ1n) is 11.2. The summed E-state index contributed by atoms with van der Waals surface area (Å²) >= 11 is 0. The van der Waals surface area contributed by atoms with Crippen LogP contribution in [-0.4, -0.2) is 29.9 Å². The van der Waals surface area contributed by atoms with E-state index in [1.807, 2.05) is 80.3 Å². The van der Waals surface area contributed by atoms with Crippen LogP contribution in [0.15, 0.2) is 84.6 Å². The van der Waals surface area contributed by atoms with Crippen molar-refractivity contribution in [2.24, 2.45) is 0 Å². The minimum Gasteiger partial charge on any atom is -0.494 e. The molecule has 0 saturated heterocycles. The maximum absolute atomic E-state index is 13.7. The standard InChI is InChI=1S/C28H28N2O3/c1-4-29(19-21-9-7-6-8-10-21)26-25(22-13-11-20(3)12-14-22)27(31)30(28(26)32)23-15-17-24(18-16-23)33-5-2/h6-18H,4-5,19H2,1-3H3. The van der Waals surface area contributed by atoms with E-state index in [1.54, 1.807) is 24.3 Å². The van der Waals surface area contributed by atoms with E-state index in [9.17, 15) is 9.59 Å². The van der Waals surface area contributed by atoms with Crippen molar-refractivity contribution >= 4 is 23.1 Å². The Morgan fingerprint density at radius 3 is 2.09 bits per heavy atom. The van der Waals surface area contributed by atoms with Crippen LogP contribution in [0, 0.1) is 6.92 Å². The van der Waals surface area contributed by atoms with Gasteiger partial charge in [0.2, 0.25) is 0 Å². The number of imide groups is 1. The molecular formula is C28H28N2O3. The van der Waals surface area contributed by atoms with E-state index in [1.165, 1.54) is 4.90 Å². The van der Waals surface area contributed by atoms with Gasteiger partial charge in [-0.15, -0.1) is 0 Å². The fraction of sp³-hybridized carbons (Fsp3) is 0.214. The highest BCUT2D eigenvalue weighted by atomic mass is 16.5. The van der Waals surface area contributed by atoms with Crippen LogP contribution >= 0.6 is 0 Å². The van der Waals surface area contributed by atoms with E-state index in [2.05, 4.69) is 0 Å². The molecule has 3 aromatic carbocycles. The van der Waals surface area contributed by atoms with Crippen molar-refractivity contribution in [1.29, 1.82) is 0 Å². The molecule has 33 heavy (non-hydrogen) atoms. The second-order valence-corrected chi connectivity index (χ2v) is 7.96. The number of nitrogens with zero attached hydrogens (tertiary/aromatic N) is 2. The summed E-state index contributed by atoms with van der Waals surface area (Å²) in [5.74, 6) is 0.0820. The lowest BCUT2D eigenvalue weighted by molar-refractivity contribution is -0.120. The molecule has 0 radical (unpaired) electrons. The van der Waals surface area contributed by atoms with Crippen LogP contribution in [-0.2, 0) is 16.1 Å². The van der Waals surface area contributed by atoms with E-state index >= 15 is 0 Å². The van der Waals surface area contributed by atoms with Gasteiger partial charge in [0.1, 0.15) is 11.4 Å². The molecule has 1 aliphatic rings. The summed E-state index contributed by atoms with van der Waals surface area (Å²) in [6, 6.07) is 24.8. The highest BCUT2D eigenvalue weighted by molar-refractivity contribution is 6.45. The summed E-state index contributed by atoms with van der Waals surface area (Å²) in [7, 11) is 0. The minimum absolute atomic E-state index is 0.308. The van der Waals surface area contributed by atoms with Crippen LogP contribution in [0.4, 0.5) is 5.69 Å². The molecule has 0 N–H and O–H groups in total. The van der Waals surface area contributed by atoms with Gasteiger partial charge in [-0.1, -0.05) is 60.2 Å². The lowest BCUT2D eigenvalue weighted by Crippen LogP contribution is -2.35. The third kappa shape index (κ3) is 4.53. The minimum atomic E-state index is -0.311. The van der Waals surface area contributed by atoms with Gasteiger partial charge in [-0.3, -0.25) is 9.59 Å². The first-order chi connectivity index (χ1) is 16.0. The van der Waals surface area contributed by atoms with Crippen molar-refractivity contribution in [2.75, 3.05) is 18.1 Å². The van der Waals surface area contributed by atoms with Crippen LogP contribution in [0.25, 0.3) is 5.57 Å². The largest absolute Gasteiger partial charge is 0.494 e. The average Bonchev–Trinajstić information content (AvgIpc) is 3.09. The van der Waals surface area contributed by atoms with Crippen LogP contribution in [0.1, 0.15) is 30.5 Å². The molecule has 0 aliphatic carbocycles. The molecule has 0 spiro atoms. The van der Waals surface area contributed by atoms with Gasteiger partial charge >= 0.3 is 0 Å². The fourth-order valence-corrected chi connectivity index (χ4v) is 4.04. The van der Waals surface area contributed by atoms with Crippen molar-refractivity contribution in [3.05, 3.63) is 101 Å². The van der Waals surface area contributed by atoms with Crippen LogP contribution in [0.3, 0.4) is 0 Å². The number of rotatable bonds is 8. The summed E-state index contributed by atoms with van der Waals surface area (Å²) in [5, 5.41) is 0. The van der Waals surface area contributed by atoms with Gasteiger partial charge in [0.05, 0.1) is 17.9 Å². The van der Waals surface area contributed by atoms with Gasteiger partial charge < -0.3 is 9.64 Å². The second-order valence-electron chi connectivity index (χ2n) is 7.96. The van der Waals surface area contributed by atoms with E-state index in [0.29, 0.717) is 42.4 Å². The highest BCUT2D eigenvalue weighted by Crippen LogP contribution is 2.36. The molecule has 0 aromatic heterocycles. The number of carbonyl (C=O) groups excluding carboxylic acids is 2. The molecule has 1 aliphatic heterocycles. The molecule has 0 unspecified atom stereocenters. The van der Waals surface area contributed by atoms with Crippen molar-refractivity contribution in [3.8, 4) is 5.75 Å². The smallest absolute Gasteiger partial charge is 0.282 e. The molecule has 0 saturated carbocycles. The molecule has 5 nitrogen and oxygen atoms in total. The number of benzene rings is 3. The van der Waals surface area contributed by atoms with Crippen LogP contribution in [0.5, 0.6) is 5.75 Å². The molecule has 1 heterocycles. The lowest BCUT2D eigenvalue weighted by atomic mass is 10.0. The molecule has 0 bridgehead atoms. The third-order valence-electron chi connectivity index (χ3n) is 5.72. The number of aryl methyl sites for hydroxylation is 1. The number of carbonyl (C=O) groups is 2. The van der Waals surface area contributed by atoms with Crippen LogP contribution < -0.4 is 9.64 Å². The monoisotopic (exact) mass is 440 g/mol.